The van der Waals surface area contributed by atoms with Crippen molar-refractivity contribution in [3.8, 4) is 0 Å². The first-order valence-electron chi connectivity index (χ1n) is 12.7. The second kappa shape index (κ2) is 10.7. The molecule has 1 aliphatic rings. The highest BCUT2D eigenvalue weighted by molar-refractivity contribution is 6.51. The van der Waals surface area contributed by atoms with Crippen LogP contribution in [0.15, 0.2) is 78.4 Å². The molecule has 1 heterocycles. The second-order valence-corrected chi connectivity index (χ2v) is 10.5. The summed E-state index contributed by atoms with van der Waals surface area (Å²) in [6, 6.07) is 21.1. The van der Waals surface area contributed by atoms with E-state index in [4.69, 9.17) is 4.74 Å². The maximum Gasteiger partial charge on any atom is 0.310 e. The van der Waals surface area contributed by atoms with Gasteiger partial charge in [0.05, 0.1) is 24.6 Å². The molecule has 1 unspecified atom stereocenters. The van der Waals surface area contributed by atoms with Crippen LogP contribution in [0.5, 0.6) is 0 Å². The number of ketones is 1. The minimum atomic E-state index is -0.815. The molecule has 6 heteroatoms. The van der Waals surface area contributed by atoms with Crippen LogP contribution in [0.25, 0.3) is 5.76 Å². The van der Waals surface area contributed by atoms with Crippen LogP contribution in [0, 0.1) is 6.92 Å². The molecule has 1 saturated heterocycles. The van der Waals surface area contributed by atoms with Crippen molar-refractivity contribution in [2.75, 3.05) is 11.5 Å². The van der Waals surface area contributed by atoms with Crippen LogP contribution in [-0.4, -0.2) is 29.4 Å². The fraction of sp³-hybridized carbons (Fsp3) is 0.281. The van der Waals surface area contributed by atoms with Gasteiger partial charge in [-0.25, -0.2) is 0 Å². The third kappa shape index (κ3) is 5.25. The number of rotatable bonds is 6. The van der Waals surface area contributed by atoms with E-state index in [0.717, 1.165) is 16.7 Å². The Morgan fingerprint density at radius 3 is 2.24 bits per heavy atom. The summed E-state index contributed by atoms with van der Waals surface area (Å²) in [5.41, 5.74) is 4.14. The maximum absolute atomic E-state index is 13.5. The fourth-order valence-electron chi connectivity index (χ4n) is 4.69. The number of carbonyl (C=O) groups is 3. The fourth-order valence-corrected chi connectivity index (χ4v) is 4.69. The number of aliphatic hydroxyl groups excluding tert-OH is 1. The Morgan fingerprint density at radius 2 is 1.63 bits per heavy atom. The molecule has 1 atom stereocenters. The smallest absolute Gasteiger partial charge is 0.310 e. The van der Waals surface area contributed by atoms with Crippen molar-refractivity contribution >= 4 is 29.1 Å². The Hall–Kier alpha value is -4.19. The van der Waals surface area contributed by atoms with Crippen LogP contribution in [0.4, 0.5) is 5.69 Å². The van der Waals surface area contributed by atoms with Gasteiger partial charge in [0.2, 0.25) is 0 Å². The highest BCUT2D eigenvalue weighted by Crippen LogP contribution is 2.43. The summed E-state index contributed by atoms with van der Waals surface area (Å²) in [6.45, 7) is 10.2. The van der Waals surface area contributed by atoms with Crippen molar-refractivity contribution in [1.82, 2.24) is 0 Å². The van der Waals surface area contributed by atoms with Crippen molar-refractivity contribution in [2.45, 2.75) is 52.5 Å². The average Bonchev–Trinajstić information content (AvgIpc) is 3.14. The minimum Gasteiger partial charge on any atom is -0.507 e. The van der Waals surface area contributed by atoms with Crippen molar-refractivity contribution < 1.29 is 24.2 Å². The number of aliphatic hydroxyl groups is 1. The highest BCUT2D eigenvalue weighted by Gasteiger charge is 2.47. The zero-order valence-electron chi connectivity index (χ0n) is 22.4. The lowest BCUT2D eigenvalue weighted by Crippen LogP contribution is -2.29. The molecule has 0 aliphatic carbocycles. The van der Waals surface area contributed by atoms with E-state index in [1.807, 2.05) is 55.5 Å². The van der Waals surface area contributed by atoms with Crippen LogP contribution >= 0.6 is 0 Å². The number of amides is 1. The number of anilines is 1. The van der Waals surface area contributed by atoms with Gasteiger partial charge < -0.3 is 9.84 Å². The lowest BCUT2D eigenvalue weighted by atomic mass is 9.84. The Morgan fingerprint density at radius 1 is 0.974 bits per heavy atom. The molecule has 3 aromatic rings. The zero-order valence-corrected chi connectivity index (χ0v) is 22.4. The number of hydrogen-bond donors (Lipinski definition) is 1. The van der Waals surface area contributed by atoms with Crippen LogP contribution in [0.2, 0.25) is 0 Å². The summed E-state index contributed by atoms with van der Waals surface area (Å²) in [6.07, 6.45) is 0.110. The summed E-state index contributed by atoms with van der Waals surface area (Å²) < 4.78 is 5.02. The largest absolute Gasteiger partial charge is 0.507 e. The molecule has 38 heavy (non-hydrogen) atoms. The van der Waals surface area contributed by atoms with Crippen molar-refractivity contribution in [3.63, 3.8) is 0 Å². The van der Waals surface area contributed by atoms with Gasteiger partial charge in [-0.15, -0.1) is 0 Å². The standard InChI is InChI=1S/C32H33NO5/c1-6-38-26(34)18-21-13-16-24(17-14-21)33-28(22-10-8-7-9-11-22)27(30(36)31(33)37)29(35)25-19-23(32(3,4)5)15-12-20(25)2/h7-17,19,28,35H,6,18H2,1-5H3/b29-27+. The lowest BCUT2D eigenvalue weighted by molar-refractivity contribution is -0.142. The molecule has 0 saturated carbocycles. The quantitative estimate of drug-likeness (QED) is 0.189. The number of ether oxygens (including phenoxy) is 1. The van der Waals surface area contributed by atoms with Gasteiger partial charge in [0, 0.05) is 11.3 Å². The third-order valence-electron chi connectivity index (χ3n) is 6.79. The van der Waals surface area contributed by atoms with Crippen LogP contribution in [0.1, 0.15) is 61.6 Å². The van der Waals surface area contributed by atoms with E-state index in [1.54, 1.807) is 31.2 Å². The number of aryl methyl sites for hydroxylation is 1. The molecule has 3 aromatic carbocycles. The number of carbonyl (C=O) groups excluding carboxylic acids is 3. The summed E-state index contributed by atoms with van der Waals surface area (Å²) in [5.74, 6) is -1.99. The number of hydrogen-bond acceptors (Lipinski definition) is 5. The Balaban J connectivity index is 1.84. The van der Waals surface area contributed by atoms with Gasteiger partial charge in [-0.1, -0.05) is 75.4 Å². The van der Waals surface area contributed by atoms with Crippen LogP contribution in [-0.2, 0) is 31.0 Å². The molecule has 1 fully saturated rings. The van der Waals surface area contributed by atoms with Gasteiger partial charge in [-0.2, -0.15) is 0 Å². The lowest BCUT2D eigenvalue weighted by Gasteiger charge is -2.26. The predicted octanol–water partition coefficient (Wildman–Crippen LogP) is 6.02. The van der Waals surface area contributed by atoms with E-state index in [0.29, 0.717) is 23.4 Å². The van der Waals surface area contributed by atoms with Gasteiger partial charge in [-0.3, -0.25) is 19.3 Å². The molecule has 0 bridgehead atoms. The van der Waals surface area contributed by atoms with Gasteiger partial charge in [0.25, 0.3) is 11.7 Å². The summed E-state index contributed by atoms with van der Waals surface area (Å²) in [5, 5.41) is 11.6. The van der Waals surface area contributed by atoms with Gasteiger partial charge in [0.15, 0.2) is 0 Å². The monoisotopic (exact) mass is 511 g/mol. The van der Waals surface area contributed by atoms with E-state index in [1.165, 1.54) is 4.90 Å². The first kappa shape index (κ1) is 26.9. The van der Waals surface area contributed by atoms with E-state index in [2.05, 4.69) is 20.8 Å². The molecular formula is C32H33NO5. The average molecular weight is 512 g/mol. The maximum atomic E-state index is 13.5. The second-order valence-electron chi connectivity index (χ2n) is 10.5. The Kier molecular flexibility index (Phi) is 7.53. The topological polar surface area (TPSA) is 83.9 Å². The molecule has 0 radical (unpaired) electrons. The van der Waals surface area contributed by atoms with Gasteiger partial charge in [-0.05, 0) is 59.7 Å². The van der Waals surface area contributed by atoms with Crippen LogP contribution in [0.3, 0.4) is 0 Å². The highest BCUT2D eigenvalue weighted by atomic mass is 16.5. The molecular weight excluding hydrogens is 478 g/mol. The third-order valence-corrected chi connectivity index (χ3v) is 6.79. The Labute approximate surface area is 223 Å². The molecule has 6 nitrogen and oxygen atoms in total. The Bertz CT molecular complexity index is 1400. The molecule has 0 spiro atoms. The first-order chi connectivity index (χ1) is 18.0. The molecule has 1 aliphatic heterocycles. The molecule has 0 aromatic heterocycles. The normalized spacial score (nSPS) is 17.1. The first-order valence-corrected chi connectivity index (χ1v) is 12.7. The number of nitrogens with zero attached hydrogens (tertiary/aromatic N) is 1. The molecule has 1 amide bonds. The summed E-state index contributed by atoms with van der Waals surface area (Å²) in [7, 11) is 0. The molecule has 1 N–H and O–H groups in total. The predicted molar refractivity (Wildman–Crippen MR) is 148 cm³/mol. The number of Topliss-reactive ketones (excluding diaryl/α,β-unsaturated/α-hetero) is 1. The van der Waals surface area contributed by atoms with E-state index in [9.17, 15) is 19.5 Å². The minimum absolute atomic E-state index is 0.0472. The number of benzene rings is 3. The van der Waals surface area contributed by atoms with Crippen molar-refractivity contribution in [1.29, 1.82) is 0 Å². The van der Waals surface area contributed by atoms with Crippen LogP contribution < -0.4 is 4.90 Å². The van der Waals surface area contributed by atoms with E-state index >= 15 is 0 Å². The number of esters is 1. The van der Waals surface area contributed by atoms with Gasteiger partial charge >= 0.3 is 5.97 Å². The van der Waals surface area contributed by atoms with Gasteiger partial charge in [0.1, 0.15) is 5.76 Å². The zero-order chi connectivity index (χ0) is 27.6. The summed E-state index contributed by atoms with van der Waals surface area (Å²) >= 11 is 0. The molecule has 4 rings (SSSR count). The van der Waals surface area contributed by atoms with Crippen molar-refractivity contribution in [2.24, 2.45) is 0 Å². The van der Waals surface area contributed by atoms with Crippen molar-refractivity contribution in [3.05, 3.63) is 106 Å². The van der Waals surface area contributed by atoms with E-state index < -0.39 is 17.7 Å². The molecule has 196 valence electrons. The summed E-state index contributed by atoms with van der Waals surface area (Å²) in [4.78, 5) is 40.2. The SMILES string of the molecule is CCOC(=O)Cc1ccc(N2C(=O)C(=O)/C(=C(/O)c3cc(C(C)(C)C)ccc3C)C2c2ccccc2)cc1. The van der Waals surface area contributed by atoms with E-state index in [-0.39, 0.29) is 29.1 Å².